The second-order valence-electron chi connectivity index (χ2n) is 1.20. The van der Waals surface area contributed by atoms with Gasteiger partial charge in [-0.2, -0.15) is 0 Å². The zero-order valence-electron chi connectivity index (χ0n) is 4.13. The summed E-state index contributed by atoms with van der Waals surface area (Å²) >= 11 is 0. The lowest BCUT2D eigenvalue weighted by Crippen LogP contribution is -2.13. The molecule has 0 saturated carbocycles. The fraction of sp³-hybridized carbons (Fsp3) is 0.500. The standard InChI is InChI=1S/C4H6O4/c5-2-1-3(6)4(7)8/h5H,1-2H2,(H,7,8). The molecule has 0 fully saturated rings. The number of aliphatic hydroxyl groups is 1. The van der Waals surface area contributed by atoms with Gasteiger partial charge in [0.05, 0.1) is 6.61 Å². The summed E-state index contributed by atoms with van der Waals surface area (Å²) in [4.78, 5) is 19.6. The molecule has 46 valence electrons. The van der Waals surface area contributed by atoms with Crippen molar-refractivity contribution in [2.24, 2.45) is 0 Å². The highest BCUT2D eigenvalue weighted by molar-refractivity contribution is 6.32. The number of hydrogen-bond donors (Lipinski definition) is 2. The van der Waals surface area contributed by atoms with Crippen LogP contribution in [0.25, 0.3) is 0 Å². The summed E-state index contributed by atoms with van der Waals surface area (Å²) in [6.45, 7) is -0.398. The lowest BCUT2D eigenvalue weighted by atomic mass is 10.3. The van der Waals surface area contributed by atoms with Crippen LogP contribution in [0.2, 0.25) is 0 Å². The number of aliphatic carboxylic acids is 1. The molecule has 0 heterocycles. The third-order valence-electron chi connectivity index (χ3n) is 0.577. The van der Waals surface area contributed by atoms with E-state index in [-0.39, 0.29) is 6.42 Å². The maximum Gasteiger partial charge on any atom is 0.372 e. The first-order chi connectivity index (χ1) is 3.68. The molecule has 8 heavy (non-hydrogen) atoms. The largest absolute Gasteiger partial charge is 0.475 e. The van der Waals surface area contributed by atoms with Crippen molar-refractivity contribution in [2.75, 3.05) is 6.61 Å². The van der Waals surface area contributed by atoms with Crippen LogP contribution in [0.3, 0.4) is 0 Å². The van der Waals surface area contributed by atoms with Crippen LogP contribution in [0, 0.1) is 0 Å². The van der Waals surface area contributed by atoms with Gasteiger partial charge in [0.15, 0.2) is 0 Å². The smallest absolute Gasteiger partial charge is 0.372 e. The monoisotopic (exact) mass is 118 g/mol. The van der Waals surface area contributed by atoms with Crippen molar-refractivity contribution >= 4 is 11.8 Å². The number of carbonyl (C=O) groups excluding carboxylic acids is 1. The van der Waals surface area contributed by atoms with Crippen molar-refractivity contribution in [2.45, 2.75) is 6.42 Å². The second kappa shape index (κ2) is 3.15. The minimum Gasteiger partial charge on any atom is -0.475 e. The molecule has 0 bridgehead atoms. The number of carbonyl (C=O) groups is 2. The minimum absolute atomic E-state index is 0.296. The first-order valence-corrected chi connectivity index (χ1v) is 2.05. The third-order valence-corrected chi connectivity index (χ3v) is 0.577. The average molecular weight is 118 g/mol. The van der Waals surface area contributed by atoms with Crippen LogP contribution >= 0.6 is 0 Å². The van der Waals surface area contributed by atoms with E-state index >= 15 is 0 Å². The van der Waals surface area contributed by atoms with E-state index < -0.39 is 18.4 Å². The van der Waals surface area contributed by atoms with E-state index in [0.29, 0.717) is 0 Å². The van der Waals surface area contributed by atoms with E-state index in [2.05, 4.69) is 0 Å². The van der Waals surface area contributed by atoms with E-state index in [1.54, 1.807) is 0 Å². The van der Waals surface area contributed by atoms with Gasteiger partial charge in [-0.15, -0.1) is 0 Å². The summed E-state index contributed by atoms with van der Waals surface area (Å²) < 4.78 is 0. The molecule has 0 aliphatic carbocycles. The van der Waals surface area contributed by atoms with Crippen LogP contribution < -0.4 is 0 Å². The van der Waals surface area contributed by atoms with Gasteiger partial charge in [-0.1, -0.05) is 0 Å². The van der Waals surface area contributed by atoms with Gasteiger partial charge in [0.2, 0.25) is 5.78 Å². The van der Waals surface area contributed by atoms with Crippen molar-refractivity contribution in [3.05, 3.63) is 0 Å². The molecule has 0 aromatic carbocycles. The zero-order valence-corrected chi connectivity index (χ0v) is 4.13. The zero-order chi connectivity index (χ0) is 6.57. The number of aliphatic hydroxyl groups excluding tert-OH is 1. The molecule has 0 aliphatic rings. The predicted octanol–water partition coefficient (Wildman–Crippen LogP) is -0.978. The van der Waals surface area contributed by atoms with E-state index in [9.17, 15) is 9.59 Å². The quantitative estimate of drug-likeness (QED) is 0.467. The molecule has 0 amide bonds. The van der Waals surface area contributed by atoms with Gasteiger partial charge in [0.25, 0.3) is 0 Å². The van der Waals surface area contributed by atoms with Gasteiger partial charge in [0, 0.05) is 6.42 Å². The molecule has 0 aromatic rings. The third kappa shape index (κ3) is 2.30. The van der Waals surface area contributed by atoms with Crippen molar-refractivity contribution in [1.82, 2.24) is 0 Å². The van der Waals surface area contributed by atoms with Crippen molar-refractivity contribution in [3.63, 3.8) is 0 Å². The number of Topliss-reactive ketones (excluding diaryl/α,β-unsaturated/α-hetero) is 1. The number of hydrogen-bond acceptors (Lipinski definition) is 3. The van der Waals surface area contributed by atoms with Gasteiger partial charge < -0.3 is 10.2 Å². The summed E-state index contributed by atoms with van der Waals surface area (Å²) in [5, 5.41) is 15.9. The van der Waals surface area contributed by atoms with E-state index in [1.165, 1.54) is 0 Å². The van der Waals surface area contributed by atoms with Gasteiger partial charge >= 0.3 is 5.97 Å². The molecule has 0 radical (unpaired) electrons. The first kappa shape index (κ1) is 7.10. The van der Waals surface area contributed by atoms with Gasteiger partial charge in [-0.05, 0) is 0 Å². The molecule has 0 unspecified atom stereocenters. The minimum atomic E-state index is -1.49. The highest BCUT2D eigenvalue weighted by Gasteiger charge is 2.08. The van der Waals surface area contributed by atoms with Gasteiger partial charge in [-0.25, -0.2) is 4.79 Å². The SMILES string of the molecule is O=C(O)C(=O)CCO. The molecule has 4 heteroatoms. The Balaban J connectivity index is 3.49. The average Bonchev–Trinajstić information content (AvgIpc) is 1.67. The Morgan fingerprint density at radius 2 is 1.88 bits per heavy atom. The van der Waals surface area contributed by atoms with E-state index in [0.717, 1.165) is 0 Å². The summed E-state index contributed by atoms with van der Waals surface area (Å²) in [6.07, 6.45) is -0.296. The van der Waals surface area contributed by atoms with Gasteiger partial charge in [0.1, 0.15) is 0 Å². The van der Waals surface area contributed by atoms with Crippen LogP contribution in [-0.4, -0.2) is 28.6 Å². The Kier molecular flexibility index (Phi) is 2.79. The molecule has 0 atom stereocenters. The van der Waals surface area contributed by atoms with Crippen molar-refractivity contribution < 1.29 is 19.8 Å². The van der Waals surface area contributed by atoms with Gasteiger partial charge in [-0.3, -0.25) is 4.79 Å². The van der Waals surface area contributed by atoms with Crippen molar-refractivity contribution in [1.29, 1.82) is 0 Å². The summed E-state index contributed by atoms with van der Waals surface area (Å²) in [6, 6.07) is 0. The van der Waals surface area contributed by atoms with Crippen molar-refractivity contribution in [3.8, 4) is 0 Å². The Bertz CT molecular complexity index is 107. The maximum absolute atomic E-state index is 9.98. The molecule has 0 aliphatic heterocycles. The lowest BCUT2D eigenvalue weighted by molar-refractivity contribution is -0.149. The fourth-order valence-electron chi connectivity index (χ4n) is 0.208. The van der Waals surface area contributed by atoms with Crippen LogP contribution in [0.15, 0.2) is 0 Å². The molecule has 0 spiro atoms. The number of rotatable bonds is 3. The Morgan fingerprint density at radius 1 is 1.38 bits per heavy atom. The molecule has 0 aromatic heterocycles. The number of carboxylic acids is 1. The maximum atomic E-state index is 9.98. The summed E-state index contributed by atoms with van der Waals surface area (Å²) in [5.41, 5.74) is 0. The second-order valence-corrected chi connectivity index (χ2v) is 1.20. The number of carboxylic acid groups (broad SMARTS) is 1. The normalized spacial score (nSPS) is 8.62. The molecule has 2 N–H and O–H groups in total. The van der Waals surface area contributed by atoms with E-state index in [1.807, 2.05) is 0 Å². The van der Waals surface area contributed by atoms with Crippen LogP contribution in [0.4, 0.5) is 0 Å². The molecular weight excluding hydrogens is 112 g/mol. The van der Waals surface area contributed by atoms with Crippen LogP contribution in [0.1, 0.15) is 6.42 Å². The summed E-state index contributed by atoms with van der Waals surface area (Å²) in [5.74, 6) is -2.44. The predicted molar refractivity (Wildman–Crippen MR) is 24.3 cm³/mol. The molecule has 4 nitrogen and oxygen atoms in total. The lowest BCUT2D eigenvalue weighted by Gasteiger charge is -1.85. The summed E-state index contributed by atoms with van der Waals surface area (Å²) in [7, 11) is 0. The topological polar surface area (TPSA) is 74.6 Å². The fourth-order valence-corrected chi connectivity index (χ4v) is 0.208. The highest BCUT2D eigenvalue weighted by atomic mass is 16.4. The molecule has 0 rings (SSSR count). The van der Waals surface area contributed by atoms with Crippen LogP contribution in [0.5, 0.6) is 0 Å². The Hall–Kier alpha value is -0.900. The highest BCUT2D eigenvalue weighted by Crippen LogP contribution is 1.78. The molecule has 0 saturated heterocycles. The Morgan fingerprint density at radius 3 is 2.00 bits per heavy atom. The molecular formula is C4H6O4. The number of ketones is 1. The first-order valence-electron chi connectivity index (χ1n) is 2.05. The van der Waals surface area contributed by atoms with E-state index in [4.69, 9.17) is 10.2 Å². The van der Waals surface area contributed by atoms with Crippen LogP contribution in [-0.2, 0) is 9.59 Å². The Labute approximate surface area is 45.7 Å².